The van der Waals surface area contributed by atoms with Gasteiger partial charge in [0.2, 0.25) is 5.95 Å². The molecular weight excluding hydrogens is 368 g/mol. The first kappa shape index (κ1) is 16.9. The van der Waals surface area contributed by atoms with Crippen molar-refractivity contribution in [2.45, 2.75) is 38.6 Å². The molecule has 24 heavy (non-hydrogen) atoms. The molecule has 1 amide bonds. The third-order valence-electron chi connectivity index (χ3n) is 4.33. The zero-order valence-electron chi connectivity index (χ0n) is 13.7. The van der Waals surface area contributed by atoms with Crippen LogP contribution in [0.4, 0.5) is 11.6 Å². The van der Waals surface area contributed by atoms with Crippen molar-refractivity contribution in [3.8, 4) is 0 Å². The van der Waals surface area contributed by atoms with Gasteiger partial charge < -0.3 is 10.2 Å². The van der Waals surface area contributed by atoms with Crippen LogP contribution in [0.5, 0.6) is 0 Å². The number of likely N-dealkylation sites (tertiary alicyclic amines) is 1. The van der Waals surface area contributed by atoms with E-state index in [1.54, 1.807) is 12.3 Å². The zero-order valence-corrected chi connectivity index (χ0v) is 15.3. The fraction of sp³-hybridized carbons (Fsp3) is 0.389. The van der Waals surface area contributed by atoms with Gasteiger partial charge >= 0.3 is 0 Å². The van der Waals surface area contributed by atoms with Crippen molar-refractivity contribution in [3.63, 3.8) is 0 Å². The van der Waals surface area contributed by atoms with Crippen molar-refractivity contribution in [2.75, 3.05) is 11.9 Å². The molecule has 1 aliphatic rings. The molecule has 0 aliphatic carbocycles. The molecule has 0 saturated carbocycles. The van der Waals surface area contributed by atoms with Crippen molar-refractivity contribution in [3.05, 3.63) is 46.7 Å². The van der Waals surface area contributed by atoms with E-state index in [0.717, 1.165) is 36.0 Å². The Labute approximate surface area is 150 Å². The Morgan fingerprint density at radius 3 is 2.83 bits per heavy atom. The second-order valence-electron chi connectivity index (χ2n) is 5.95. The standard InChI is InChI=1S/C18H21BrN4O/c1-2-15-5-3-4-12-23(15)17(24)16-10-11-20-18(22-16)21-14-8-6-13(19)7-9-14/h6-11,15H,2-5,12H2,1H3,(H,20,21,22). The number of piperidine rings is 1. The third kappa shape index (κ3) is 3.93. The van der Waals surface area contributed by atoms with Crippen molar-refractivity contribution >= 4 is 33.5 Å². The Balaban J connectivity index is 1.76. The van der Waals surface area contributed by atoms with Crippen LogP contribution < -0.4 is 5.32 Å². The van der Waals surface area contributed by atoms with Crippen LogP contribution in [0, 0.1) is 0 Å². The van der Waals surface area contributed by atoms with E-state index in [-0.39, 0.29) is 5.91 Å². The van der Waals surface area contributed by atoms with Gasteiger partial charge in [-0.2, -0.15) is 0 Å². The maximum absolute atomic E-state index is 12.8. The summed E-state index contributed by atoms with van der Waals surface area (Å²) in [5.41, 5.74) is 1.33. The van der Waals surface area contributed by atoms with E-state index < -0.39 is 0 Å². The molecule has 0 bridgehead atoms. The maximum Gasteiger partial charge on any atom is 0.272 e. The predicted octanol–water partition coefficient (Wildman–Crippen LogP) is 4.39. The number of amides is 1. The molecule has 3 rings (SSSR count). The topological polar surface area (TPSA) is 58.1 Å². The number of carbonyl (C=O) groups excluding carboxylic acids is 1. The van der Waals surface area contributed by atoms with Crippen molar-refractivity contribution in [1.82, 2.24) is 14.9 Å². The van der Waals surface area contributed by atoms with Gasteiger partial charge in [0.1, 0.15) is 5.69 Å². The molecule has 1 aliphatic heterocycles. The van der Waals surface area contributed by atoms with Crippen LogP contribution in [-0.4, -0.2) is 33.4 Å². The SMILES string of the molecule is CCC1CCCCN1C(=O)c1ccnc(Nc2ccc(Br)cc2)n1. The molecule has 2 aromatic rings. The Kier molecular flexibility index (Phi) is 5.45. The first-order valence-corrected chi connectivity index (χ1v) is 9.13. The molecule has 1 atom stereocenters. The van der Waals surface area contributed by atoms with Gasteiger partial charge in [0.15, 0.2) is 0 Å². The summed E-state index contributed by atoms with van der Waals surface area (Å²) >= 11 is 3.41. The van der Waals surface area contributed by atoms with Gasteiger partial charge in [-0.25, -0.2) is 9.97 Å². The number of rotatable bonds is 4. The summed E-state index contributed by atoms with van der Waals surface area (Å²) < 4.78 is 1.01. The quantitative estimate of drug-likeness (QED) is 0.843. The molecule has 1 aromatic carbocycles. The van der Waals surface area contributed by atoms with Gasteiger partial charge in [-0.1, -0.05) is 22.9 Å². The second kappa shape index (κ2) is 7.75. The lowest BCUT2D eigenvalue weighted by Crippen LogP contribution is -2.43. The molecular formula is C18H21BrN4O. The molecule has 0 radical (unpaired) electrons. The summed E-state index contributed by atoms with van der Waals surface area (Å²) in [6.07, 6.45) is 5.96. The van der Waals surface area contributed by atoms with Crippen LogP contribution in [0.3, 0.4) is 0 Å². The largest absolute Gasteiger partial charge is 0.334 e. The fourth-order valence-corrected chi connectivity index (χ4v) is 3.30. The molecule has 1 aromatic heterocycles. The molecule has 126 valence electrons. The number of halogens is 1. The van der Waals surface area contributed by atoms with Crippen molar-refractivity contribution in [2.24, 2.45) is 0 Å². The molecule has 0 spiro atoms. The highest BCUT2D eigenvalue weighted by atomic mass is 79.9. The Morgan fingerprint density at radius 1 is 1.29 bits per heavy atom. The number of anilines is 2. The smallest absolute Gasteiger partial charge is 0.272 e. The van der Waals surface area contributed by atoms with E-state index in [2.05, 4.69) is 38.1 Å². The lowest BCUT2D eigenvalue weighted by Gasteiger charge is -2.35. The number of benzene rings is 1. The van der Waals surface area contributed by atoms with Crippen molar-refractivity contribution in [1.29, 1.82) is 0 Å². The van der Waals surface area contributed by atoms with Crippen LogP contribution in [0.2, 0.25) is 0 Å². The summed E-state index contributed by atoms with van der Waals surface area (Å²) in [4.78, 5) is 23.4. The van der Waals surface area contributed by atoms with Gasteiger partial charge in [0, 0.05) is 28.9 Å². The lowest BCUT2D eigenvalue weighted by molar-refractivity contribution is 0.0602. The summed E-state index contributed by atoms with van der Waals surface area (Å²) in [6, 6.07) is 9.76. The summed E-state index contributed by atoms with van der Waals surface area (Å²) in [7, 11) is 0. The average molecular weight is 389 g/mol. The average Bonchev–Trinajstić information content (AvgIpc) is 2.63. The van der Waals surface area contributed by atoms with Crippen LogP contribution in [-0.2, 0) is 0 Å². The third-order valence-corrected chi connectivity index (χ3v) is 4.86. The number of nitrogens with zero attached hydrogens (tertiary/aromatic N) is 3. The van der Waals surface area contributed by atoms with Gasteiger partial charge in [-0.05, 0) is 56.0 Å². The minimum atomic E-state index is 0.00260. The molecule has 1 saturated heterocycles. The molecule has 1 fully saturated rings. The summed E-state index contributed by atoms with van der Waals surface area (Å²) in [5, 5.41) is 3.14. The summed E-state index contributed by atoms with van der Waals surface area (Å²) in [5.74, 6) is 0.441. The van der Waals surface area contributed by atoms with E-state index in [9.17, 15) is 4.79 Å². The number of hydrogen-bond donors (Lipinski definition) is 1. The first-order valence-electron chi connectivity index (χ1n) is 8.34. The molecule has 1 N–H and O–H groups in total. The van der Waals surface area contributed by atoms with Crippen LogP contribution in [0.25, 0.3) is 0 Å². The Bertz CT molecular complexity index is 704. The highest BCUT2D eigenvalue weighted by Gasteiger charge is 2.27. The second-order valence-corrected chi connectivity index (χ2v) is 6.87. The van der Waals surface area contributed by atoms with E-state index in [1.165, 1.54) is 6.42 Å². The number of hydrogen-bond acceptors (Lipinski definition) is 4. The van der Waals surface area contributed by atoms with Crippen LogP contribution >= 0.6 is 15.9 Å². The van der Waals surface area contributed by atoms with Crippen molar-refractivity contribution < 1.29 is 4.79 Å². The zero-order chi connectivity index (χ0) is 16.9. The van der Waals surface area contributed by atoms with Gasteiger partial charge in [-0.3, -0.25) is 4.79 Å². The molecule has 5 nitrogen and oxygen atoms in total. The van der Waals surface area contributed by atoms with Gasteiger partial charge in [-0.15, -0.1) is 0 Å². The number of nitrogens with one attached hydrogen (secondary N) is 1. The molecule has 1 unspecified atom stereocenters. The molecule has 2 heterocycles. The number of carbonyl (C=O) groups is 1. The Morgan fingerprint density at radius 2 is 2.08 bits per heavy atom. The van der Waals surface area contributed by atoms with Gasteiger partial charge in [0.05, 0.1) is 0 Å². The minimum Gasteiger partial charge on any atom is -0.334 e. The van der Waals surface area contributed by atoms with E-state index in [4.69, 9.17) is 0 Å². The summed E-state index contributed by atoms with van der Waals surface area (Å²) in [6.45, 7) is 2.95. The van der Waals surface area contributed by atoms with E-state index >= 15 is 0 Å². The monoisotopic (exact) mass is 388 g/mol. The predicted molar refractivity (Wildman–Crippen MR) is 98.4 cm³/mol. The van der Waals surface area contributed by atoms with E-state index in [0.29, 0.717) is 17.7 Å². The number of aromatic nitrogens is 2. The van der Waals surface area contributed by atoms with Gasteiger partial charge in [0.25, 0.3) is 5.91 Å². The Hall–Kier alpha value is -1.95. The van der Waals surface area contributed by atoms with E-state index in [1.807, 2.05) is 29.2 Å². The first-order chi connectivity index (χ1) is 11.7. The molecule has 6 heteroatoms. The normalized spacial score (nSPS) is 17.6. The highest BCUT2D eigenvalue weighted by molar-refractivity contribution is 9.10. The minimum absolute atomic E-state index is 0.00260. The maximum atomic E-state index is 12.8. The highest BCUT2D eigenvalue weighted by Crippen LogP contribution is 2.22. The lowest BCUT2D eigenvalue weighted by atomic mass is 9.99. The fourth-order valence-electron chi connectivity index (χ4n) is 3.04. The van der Waals surface area contributed by atoms with Crippen LogP contribution in [0.15, 0.2) is 41.0 Å². The van der Waals surface area contributed by atoms with Crippen LogP contribution in [0.1, 0.15) is 43.1 Å².